The molecule has 0 N–H and O–H groups in total. The van der Waals surface area contributed by atoms with E-state index in [4.69, 9.17) is 4.52 Å². The molecule has 0 aromatic heterocycles. The Morgan fingerprint density at radius 1 is 1.33 bits per heavy atom. The van der Waals surface area contributed by atoms with Crippen molar-refractivity contribution in [3.63, 3.8) is 0 Å². The molecule has 0 fully saturated rings. The molecule has 12 heavy (non-hydrogen) atoms. The summed E-state index contributed by atoms with van der Waals surface area (Å²) in [6.45, 7) is 2.58. The molecular formula is C9H13O2P. The standard InChI is InChI=1S/C9H13O2P/c1-2-8-11-12(10)9-6-4-3-5-7-9/h3-7,12H,2,8H2,1H3. The van der Waals surface area contributed by atoms with Crippen LogP contribution in [0.25, 0.3) is 0 Å². The maximum atomic E-state index is 11.4. The van der Waals surface area contributed by atoms with Gasteiger partial charge in [-0.2, -0.15) is 0 Å². The number of rotatable bonds is 4. The highest BCUT2D eigenvalue weighted by molar-refractivity contribution is 7.48. The molecule has 0 saturated carbocycles. The van der Waals surface area contributed by atoms with E-state index in [9.17, 15) is 4.57 Å². The first-order chi connectivity index (χ1) is 5.84. The Morgan fingerprint density at radius 3 is 2.58 bits per heavy atom. The van der Waals surface area contributed by atoms with E-state index in [1.807, 2.05) is 37.3 Å². The van der Waals surface area contributed by atoms with E-state index in [0.717, 1.165) is 11.7 Å². The summed E-state index contributed by atoms with van der Waals surface area (Å²) in [6.07, 6.45) is 0.906. The Kier molecular flexibility index (Phi) is 4.06. The van der Waals surface area contributed by atoms with Crippen molar-refractivity contribution in [3.05, 3.63) is 30.3 Å². The van der Waals surface area contributed by atoms with Crippen molar-refractivity contribution in [3.8, 4) is 0 Å². The van der Waals surface area contributed by atoms with Gasteiger partial charge in [0.05, 0.1) is 6.61 Å². The third-order valence-corrected chi connectivity index (χ3v) is 2.72. The van der Waals surface area contributed by atoms with Gasteiger partial charge in [-0.15, -0.1) is 0 Å². The van der Waals surface area contributed by atoms with Gasteiger partial charge in [0.15, 0.2) is 0 Å². The minimum absolute atomic E-state index is 0.576. The van der Waals surface area contributed by atoms with Gasteiger partial charge in [-0.3, -0.25) is 4.57 Å². The first-order valence-corrected chi connectivity index (χ1v) is 5.38. The average Bonchev–Trinajstić information content (AvgIpc) is 2.15. The molecule has 0 aliphatic heterocycles. The van der Waals surface area contributed by atoms with Crippen molar-refractivity contribution in [2.75, 3.05) is 6.61 Å². The van der Waals surface area contributed by atoms with Crippen molar-refractivity contribution < 1.29 is 9.09 Å². The quantitative estimate of drug-likeness (QED) is 0.670. The van der Waals surface area contributed by atoms with E-state index in [2.05, 4.69) is 0 Å². The average molecular weight is 184 g/mol. The normalized spacial score (nSPS) is 12.8. The zero-order chi connectivity index (χ0) is 8.81. The maximum absolute atomic E-state index is 11.4. The van der Waals surface area contributed by atoms with Gasteiger partial charge in [-0.25, -0.2) is 0 Å². The third kappa shape index (κ3) is 2.80. The summed E-state index contributed by atoms with van der Waals surface area (Å²) >= 11 is 0. The van der Waals surface area contributed by atoms with Crippen molar-refractivity contribution in [2.45, 2.75) is 13.3 Å². The second kappa shape index (κ2) is 5.13. The number of benzene rings is 1. The summed E-state index contributed by atoms with van der Waals surface area (Å²) in [4.78, 5) is 0. The van der Waals surface area contributed by atoms with Crippen LogP contribution in [0.3, 0.4) is 0 Å². The molecule has 0 radical (unpaired) electrons. The van der Waals surface area contributed by atoms with Crippen molar-refractivity contribution >= 4 is 13.3 Å². The second-order valence-corrected chi connectivity index (χ2v) is 3.94. The third-order valence-electron chi connectivity index (χ3n) is 1.45. The van der Waals surface area contributed by atoms with Crippen LogP contribution >= 0.6 is 8.03 Å². The zero-order valence-electron chi connectivity index (χ0n) is 7.12. The molecule has 1 aromatic carbocycles. The minimum atomic E-state index is -1.98. The van der Waals surface area contributed by atoms with E-state index in [-0.39, 0.29) is 0 Å². The highest BCUT2D eigenvalue weighted by Gasteiger charge is 2.00. The van der Waals surface area contributed by atoms with Gasteiger partial charge in [0, 0.05) is 5.30 Å². The van der Waals surface area contributed by atoms with Gasteiger partial charge < -0.3 is 4.52 Å². The van der Waals surface area contributed by atoms with Gasteiger partial charge in [-0.1, -0.05) is 25.1 Å². The van der Waals surface area contributed by atoms with Crippen LogP contribution in [0.5, 0.6) is 0 Å². The lowest BCUT2D eigenvalue weighted by Crippen LogP contribution is -1.97. The molecule has 1 atom stereocenters. The molecule has 66 valence electrons. The molecular weight excluding hydrogens is 171 g/mol. The molecule has 1 aromatic rings. The van der Waals surface area contributed by atoms with Crippen molar-refractivity contribution in [1.82, 2.24) is 0 Å². The molecule has 1 rings (SSSR count). The Hall–Kier alpha value is -0.590. The minimum Gasteiger partial charge on any atom is -0.327 e. The summed E-state index contributed by atoms with van der Waals surface area (Å²) in [7, 11) is -1.98. The predicted octanol–water partition coefficient (Wildman–Crippen LogP) is 2.21. The molecule has 0 amide bonds. The lowest BCUT2D eigenvalue weighted by Gasteiger charge is -2.01. The van der Waals surface area contributed by atoms with E-state index < -0.39 is 8.03 Å². The SMILES string of the molecule is CCCO[PH](=O)c1ccccc1. The fourth-order valence-corrected chi connectivity index (χ4v) is 1.87. The maximum Gasteiger partial charge on any atom is 0.220 e. The fraction of sp³-hybridized carbons (Fsp3) is 0.333. The van der Waals surface area contributed by atoms with Gasteiger partial charge in [-0.05, 0) is 18.6 Å². The first kappa shape index (κ1) is 9.50. The van der Waals surface area contributed by atoms with E-state index >= 15 is 0 Å². The van der Waals surface area contributed by atoms with Crippen molar-refractivity contribution in [2.24, 2.45) is 0 Å². The van der Waals surface area contributed by atoms with Crippen LogP contribution in [0.15, 0.2) is 30.3 Å². The molecule has 0 spiro atoms. The predicted molar refractivity (Wildman–Crippen MR) is 51.3 cm³/mol. The highest BCUT2D eigenvalue weighted by atomic mass is 31.1. The van der Waals surface area contributed by atoms with Crippen LogP contribution in [0.4, 0.5) is 0 Å². The summed E-state index contributed by atoms with van der Waals surface area (Å²) in [5.41, 5.74) is 0. The van der Waals surface area contributed by atoms with Gasteiger partial charge in [0.1, 0.15) is 0 Å². The Bertz CT molecular complexity index is 246. The molecule has 3 heteroatoms. The smallest absolute Gasteiger partial charge is 0.220 e. The lowest BCUT2D eigenvalue weighted by molar-refractivity contribution is 0.335. The molecule has 0 saturated heterocycles. The summed E-state index contributed by atoms with van der Waals surface area (Å²) < 4.78 is 16.5. The van der Waals surface area contributed by atoms with Crippen LogP contribution < -0.4 is 5.30 Å². The van der Waals surface area contributed by atoms with Crippen molar-refractivity contribution in [1.29, 1.82) is 0 Å². The summed E-state index contributed by atoms with van der Waals surface area (Å²) in [6, 6.07) is 9.30. The first-order valence-electron chi connectivity index (χ1n) is 4.06. The second-order valence-electron chi connectivity index (χ2n) is 2.50. The van der Waals surface area contributed by atoms with Gasteiger partial charge in [0.25, 0.3) is 0 Å². The van der Waals surface area contributed by atoms with E-state index in [1.54, 1.807) is 0 Å². The number of hydrogen-bond donors (Lipinski definition) is 0. The van der Waals surface area contributed by atoms with Crippen LogP contribution in [-0.2, 0) is 9.09 Å². The van der Waals surface area contributed by atoms with E-state index in [0.29, 0.717) is 6.61 Å². The van der Waals surface area contributed by atoms with Crippen LogP contribution in [0.1, 0.15) is 13.3 Å². The lowest BCUT2D eigenvalue weighted by atomic mass is 10.4. The summed E-state index contributed by atoms with van der Waals surface area (Å²) in [5, 5.41) is 0.802. The van der Waals surface area contributed by atoms with Crippen LogP contribution in [0.2, 0.25) is 0 Å². The van der Waals surface area contributed by atoms with Gasteiger partial charge in [0.2, 0.25) is 8.03 Å². The molecule has 0 aliphatic rings. The molecule has 0 bridgehead atoms. The van der Waals surface area contributed by atoms with Crippen LogP contribution in [-0.4, -0.2) is 6.61 Å². The highest BCUT2D eigenvalue weighted by Crippen LogP contribution is 2.20. The van der Waals surface area contributed by atoms with Gasteiger partial charge >= 0.3 is 0 Å². The monoisotopic (exact) mass is 184 g/mol. The molecule has 1 unspecified atom stereocenters. The Balaban J connectivity index is 2.54. The van der Waals surface area contributed by atoms with Crippen LogP contribution in [0, 0.1) is 0 Å². The number of hydrogen-bond acceptors (Lipinski definition) is 2. The summed E-state index contributed by atoms with van der Waals surface area (Å²) in [5.74, 6) is 0. The van der Waals surface area contributed by atoms with E-state index in [1.165, 1.54) is 0 Å². The topological polar surface area (TPSA) is 26.3 Å². The fourth-order valence-electron chi connectivity index (χ4n) is 0.852. The largest absolute Gasteiger partial charge is 0.327 e. The Labute approximate surface area is 73.4 Å². The molecule has 2 nitrogen and oxygen atoms in total. The zero-order valence-corrected chi connectivity index (χ0v) is 8.12. The Morgan fingerprint density at radius 2 is 2.00 bits per heavy atom. The molecule has 0 heterocycles. The molecule has 0 aliphatic carbocycles.